The van der Waals surface area contributed by atoms with E-state index in [1.165, 1.54) is 19.2 Å². The van der Waals surface area contributed by atoms with Gasteiger partial charge in [0.1, 0.15) is 16.5 Å². The van der Waals surface area contributed by atoms with Crippen molar-refractivity contribution >= 4 is 15.7 Å². The van der Waals surface area contributed by atoms with Crippen LogP contribution in [0.4, 0.5) is 14.5 Å². The standard InChI is InChI=1S/C16H13F2N3O2S/c1-10-6-13(18)15(8-12(10)17)21-24(22,23)11-7-16(20-9-11)14-4-2-3-5-19-14/h2-9,20-21H,1H3. The number of halogens is 2. The van der Waals surface area contributed by atoms with E-state index >= 15 is 0 Å². The molecule has 0 atom stereocenters. The van der Waals surface area contributed by atoms with Crippen LogP contribution < -0.4 is 4.72 Å². The summed E-state index contributed by atoms with van der Waals surface area (Å²) in [5.74, 6) is -1.55. The molecule has 2 aromatic heterocycles. The molecule has 0 saturated carbocycles. The van der Waals surface area contributed by atoms with Crippen molar-refractivity contribution in [1.29, 1.82) is 0 Å². The van der Waals surface area contributed by atoms with E-state index in [4.69, 9.17) is 0 Å². The Balaban J connectivity index is 1.92. The second-order valence-electron chi connectivity index (χ2n) is 5.15. The summed E-state index contributed by atoms with van der Waals surface area (Å²) >= 11 is 0. The fraction of sp³-hybridized carbons (Fsp3) is 0.0625. The van der Waals surface area contributed by atoms with Crippen molar-refractivity contribution in [2.75, 3.05) is 4.72 Å². The lowest BCUT2D eigenvalue weighted by Gasteiger charge is -2.08. The Morgan fingerprint density at radius 2 is 1.92 bits per heavy atom. The summed E-state index contributed by atoms with van der Waals surface area (Å²) < 4.78 is 54.1. The Morgan fingerprint density at radius 3 is 2.62 bits per heavy atom. The van der Waals surface area contributed by atoms with Gasteiger partial charge < -0.3 is 4.98 Å². The van der Waals surface area contributed by atoms with E-state index in [9.17, 15) is 17.2 Å². The van der Waals surface area contributed by atoms with Gasteiger partial charge in [-0.3, -0.25) is 9.71 Å². The number of benzene rings is 1. The molecular weight excluding hydrogens is 336 g/mol. The van der Waals surface area contributed by atoms with Crippen molar-refractivity contribution in [3.8, 4) is 11.4 Å². The maximum absolute atomic E-state index is 13.8. The molecule has 0 bridgehead atoms. The minimum atomic E-state index is -4.07. The summed E-state index contributed by atoms with van der Waals surface area (Å²) in [4.78, 5) is 6.80. The summed E-state index contributed by atoms with van der Waals surface area (Å²) in [7, 11) is -4.07. The number of pyridine rings is 1. The van der Waals surface area contributed by atoms with Gasteiger partial charge in [-0.1, -0.05) is 6.07 Å². The van der Waals surface area contributed by atoms with Gasteiger partial charge in [0.2, 0.25) is 0 Å². The van der Waals surface area contributed by atoms with Crippen LogP contribution in [0.1, 0.15) is 5.56 Å². The van der Waals surface area contributed by atoms with Crippen molar-refractivity contribution in [3.05, 3.63) is 66.0 Å². The highest BCUT2D eigenvalue weighted by molar-refractivity contribution is 7.92. The Hall–Kier alpha value is -2.74. The molecule has 2 N–H and O–H groups in total. The van der Waals surface area contributed by atoms with Gasteiger partial charge in [0.15, 0.2) is 0 Å². The van der Waals surface area contributed by atoms with Crippen LogP contribution in [-0.2, 0) is 10.0 Å². The average molecular weight is 349 g/mol. The number of nitrogens with one attached hydrogen (secondary N) is 2. The summed E-state index contributed by atoms with van der Waals surface area (Å²) in [6.07, 6.45) is 2.84. The van der Waals surface area contributed by atoms with Crippen LogP contribution in [0.3, 0.4) is 0 Å². The molecule has 0 saturated heterocycles. The zero-order chi connectivity index (χ0) is 17.3. The molecule has 0 spiro atoms. The predicted octanol–water partition coefficient (Wildman–Crippen LogP) is 3.46. The Labute approximate surface area is 137 Å². The van der Waals surface area contributed by atoms with Gasteiger partial charge in [0.25, 0.3) is 10.0 Å². The van der Waals surface area contributed by atoms with Gasteiger partial charge in [-0.05, 0) is 36.8 Å². The smallest absolute Gasteiger partial charge is 0.263 e. The van der Waals surface area contributed by atoms with E-state index in [0.717, 1.165) is 12.1 Å². The summed E-state index contributed by atoms with van der Waals surface area (Å²) in [5, 5.41) is 0. The number of rotatable bonds is 4. The molecule has 8 heteroatoms. The lowest BCUT2D eigenvalue weighted by atomic mass is 10.2. The van der Waals surface area contributed by atoms with Gasteiger partial charge in [0.05, 0.1) is 17.1 Å². The number of anilines is 1. The number of nitrogens with zero attached hydrogens (tertiary/aromatic N) is 1. The monoisotopic (exact) mass is 349 g/mol. The molecule has 2 heterocycles. The molecule has 0 aliphatic heterocycles. The third-order valence-electron chi connectivity index (χ3n) is 3.40. The largest absolute Gasteiger partial charge is 0.359 e. The van der Waals surface area contributed by atoms with Crippen LogP contribution in [0.15, 0.2) is 53.7 Å². The SMILES string of the molecule is Cc1cc(F)c(NS(=O)(=O)c2c[nH]c(-c3ccccn3)c2)cc1F. The fourth-order valence-electron chi connectivity index (χ4n) is 2.13. The van der Waals surface area contributed by atoms with E-state index in [1.54, 1.807) is 24.4 Å². The average Bonchev–Trinajstić information content (AvgIpc) is 3.04. The van der Waals surface area contributed by atoms with E-state index in [2.05, 4.69) is 14.7 Å². The molecule has 3 aromatic rings. The Bertz CT molecular complexity index is 986. The first-order valence-electron chi connectivity index (χ1n) is 6.95. The molecule has 0 aliphatic carbocycles. The fourth-order valence-corrected chi connectivity index (χ4v) is 3.18. The minimum absolute atomic E-state index is 0.0922. The molecular formula is C16H13F2N3O2S. The highest BCUT2D eigenvalue weighted by atomic mass is 32.2. The van der Waals surface area contributed by atoms with Crippen LogP contribution >= 0.6 is 0 Å². The second kappa shape index (κ2) is 6.04. The Morgan fingerprint density at radius 1 is 1.12 bits per heavy atom. The quantitative estimate of drug-likeness (QED) is 0.757. The molecule has 0 amide bonds. The highest BCUT2D eigenvalue weighted by Gasteiger charge is 2.19. The molecule has 124 valence electrons. The van der Waals surface area contributed by atoms with Gasteiger partial charge in [0, 0.05) is 18.5 Å². The first-order chi connectivity index (χ1) is 11.4. The van der Waals surface area contributed by atoms with Crippen LogP contribution in [0, 0.1) is 18.6 Å². The summed E-state index contributed by atoms with van der Waals surface area (Å²) in [6, 6.07) is 8.33. The van der Waals surface area contributed by atoms with Crippen LogP contribution in [0.25, 0.3) is 11.4 Å². The van der Waals surface area contributed by atoms with Crippen molar-refractivity contribution in [1.82, 2.24) is 9.97 Å². The minimum Gasteiger partial charge on any atom is -0.359 e. The number of aromatic nitrogens is 2. The molecule has 0 aliphatic rings. The normalized spacial score (nSPS) is 11.5. The lowest BCUT2D eigenvalue weighted by Crippen LogP contribution is -2.13. The number of aryl methyl sites for hydroxylation is 1. The van der Waals surface area contributed by atoms with E-state index in [1.807, 2.05) is 0 Å². The predicted molar refractivity (Wildman–Crippen MR) is 85.9 cm³/mol. The molecule has 24 heavy (non-hydrogen) atoms. The zero-order valence-corrected chi connectivity index (χ0v) is 13.4. The molecule has 0 unspecified atom stereocenters. The maximum Gasteiger partial charge on any atom is 0.263 e. The van der Waals surface area contributed by atoms with Crippen LogP contribution in [0.5, 0.6) is 0 Å². The van der Waals surface area contributed by atoms with E-state index in [-0.39, 0.29) is 10.5 Å². The zero-order valence-electron chi connectivity index (χ0n) is 12.5. The van der Waals surface area contributed by atoms with Crippen molar-refractivity contribution in [2.24, 2.45) is 0 Å². The topological polar surface area (TPSA) is 74.8 Å². The summed E-state index contributed by atoms with van der Waals surface area (Å²) in [5.41, 5.74) is 0.700. The Kier molecular flexibility index (Phi) is 4.06. The third-order valence-corrected chi connectivity index (χ3v) is 4.75. The van der Waals surface area contributed by atoms with Crippen LogP contribution in [0.2, 0.25) is 0 Å². The molecule has 1 aromatic carbocycles. The van der Waals surface area contributed by atoms with Crippen molar-refractivity contribution < 1.29 is 17.2 Å². The first-order valence-corrected chi connectivity index (χ1v) is 8.43. The molecule has 0 radical (unpaired) electrons. The number of hydrogen-bond acceptors (Lipinski definition) is 3. The molecule has 5 nitrogen and oxygen atoms in total. The van der Waals surface area contributed by atoms with Gasteiger partial charge in [-0.15, -0.1) is 0 Å². The third kappa shape index (κ3) is 3.13. The van der Waals surface area contributed by atoms with Gasteiger partial charge >= 0.3 is 0 Å². The highest BCUT2D eigenvalue weighted by Crippen LogP contribution is 2.24. The number of aromatic amines is 1. The number of hydrogen-bond donors (Lipinski definition) is 2. The van der Waals surface area contributed by atoms with Gasteiger partial charge in [-0.2, -0.15) is 0 Å². The maximum atomic E-state index is 13.8. The van der Waals surface area contributed by atoms with E-state index < -0.39 is 27.3 Å². The molecule has 0 fully saturated rings. The lowest BCUT2D eigenvalue weighted by molar-refractivity contribution is 0.590. The number of H-pyrrole nitrogens is 1. The first kappa shape index (κ1) is 16.1. The second-order valence-corrected chi connectivity index (χ2v) is 6.83. The van der Waals surface area contributed by atoms with Crippen molar-refractivity contribution in [3.63, 3.8) is 0 Å². The number of sulfonamides is 1. The summed E-state index contributed by atoms with van der Waals surface area (Å²) in [6.45, 7) is 1.39. The molecule has 3 rings (SSSR count). The van der Waals surface area contributed by atoms with Gasteiger partial charge in [-0.25, -0.2) is 17.2 Å². The van der Waals surface area contributed by atoms with Crippen molar-refractivity contribution in [2.45, 2.75) is 11.8 Å². The van der Waals surface area contributed by atoms with E-state index in [0.29, 0.717) is 11.4 Å². The van der Waals surface area contributed by atoms with Crippen LogP contribution in [-0.4, -0.2) is 18.4 Å².